The van der Waals surface area contributed by atoms with Crippen molar-refractivity contribution < 1.29 is 39.6 Å². The number of nitrogens with two attached hydrogens (primary N) is 1. The van der Waals surface area contributed by atoms with Crippen LogP contribution >= 0.6 is 11.6 Å². The van der Waals surface area contributed by atoms with Gasteiger partial charge in [-0.3, -0.25) is 24.1 Å². The number of primary amides is 1. The number of amides is 1. The number of nitrogens with zero attached hydrogens (tertiary/aromatic N) is 1. The largest absolute Gasteiger partial charge is 0.508 e. The maximum atomic E-state index is 13.6. The van der Waals surface area contributed by atoms with Crippen molar-refractivity contribution in [1.29, 1.82) is 0 Å². The number of aliphatic hydroxyl groups is 3. The molecule has 0 radical (unpaired) electrons. The van der Waals surface area contributed by atoms with Crippen LogP contribution < -0.4 is 5.73 Å². The molecule has 0 aliphatic heterocycles. The summed E-state index contributed by atoms with van der Waals surface area (Å²) in [5.74, 6) is -7.75. The highest BCUT2D eigenvalue weighted by atomic mass is 35.5. The average molecular weight is 477 g/mol. The van der Waals surface area contributed by atoms with Crippen LogP contribution in [-0.4, -0.2) is 74.3 Å². The van der Waals surface area contributed by atoms with E-state index in [0.717, 1.165) is 6.07 Å². The van der Waals surface area contributed by atoms with Crippen molar-refractivity contribution in [3.8, 4) is 5.75 Å². The van der Waals surface area contributed by atoms with Crippen molar-refractivity contribution >= 4 is 34.9 Å². The Balaban J connectivity index is 2.06. The molecule has 3 aliphatic rings. The molecule has 10 nitrogen and oxygen atoms in total. The number of halogens is 1. The zero-order chi connectivity index (χ0) is 24.8. The molecule has 0 saturated heterocycles. The number of hydrogen-bond acceptors (Lipinski definition) is 9. The molecular formula is C22H21ClN2O8. The van der Waals surface area contributed by atoms with E-state index in [-0.39, 0.29) is 22.6 Å². The molecule has 0 fully saturated rings. The number of rotatable bonds is 2. The van der Waals surface area contributed by atoms with Gasteiger partial charge in [-0.05, 0) is 45.1 Å². The molecule has 1 aromatic carbocycles. The van der Waals surface area contributed by atoms with Gasteiger partial charge >= 0.3 is 0 Å². The standard InChI is InChI=1S/C22H21ClN2O8/c1-21(32)7-6-8-15(25(2)3)17(28)13(20(24)31)19(30)22(8,33)18(29)11(7)16(27)12-10(26)5-4-9(23)14(12)21/h4-5,8,15,26,30,32-33H,6H2,1-3H3,(H2,24,31). The van der Waals surface area contributed by atoms with Crippen LogP contribution in [-0.2, 0) is 20.0 Å². The predicted octanol–water partition coefficient (Wildman–Crippen LogP) is -0.124. The molecule has 4 atom stereocenters. The number of likely N-dealkylation sites (N-methyl/N-ethyl adjacent to an activating group) is 1. The molecule has 0 spiro atoms. The Morgan fingerprint density at radius 3 is 2.33 bits per heavy atom. The molecule has 174 valence electrons. The van der Waals surface area contributed by atoms with Gasteiger partial charge in [0, 0.05) is 16.5 Å². The van der Waals surface area contributed by atoms with Crippen molar-refractivity contribution in [1.82, 2.24) is 4.90 Å². The third kappa shape index (κ3) is 2.72. The lowest BCUT2D eigenvalue weighted by Gasteiger charge is -2.50. The molecular weight excluding hydrogens is 456 g/mol. The van der Waals surface area contributed by atoms with E-state index in [1.807, 2.05) is 0 Å². The van der Waals surface area contributed by atoms with Crippen molar-refractivity contribution in [3.05, 3.63) is 50.8 Å². The van der Waals surface area contributed by atoms with Crippen molar-refractivity contribution in [2.24, 2.45) is 11.7 Å². The van der Waals surface area contributed by atoms with Crippen LogP contribution in [0.25, 0.3) is 0 Å². The maximum Gasteiger partial charge on any atom is 0.255 e. The number of aliphatic hydroxyl groups excluding tert-OH is 1. The number of carbonyl (C=O) groups excluding carboxylic acids is 4. The van der Waals surface area contributed by atoms with Gasteiger partial charge in [-0.1, -0.05) is 11.6 Å². The third-order valence-electron chi connectivity index (χ3n) is 6.79. The lowest BCUT2D eigenvalue weighted by molar-refractivity contribution is -0.150. The lowest BCUT2D eigenvalue weighted by atomic mass is 9.57. The third-order valence-corrected chi connectivity index (χ3v) is 7.11. The second-order valence-corrected chi connectivity index (χ2v) is 9.25. The number of phenols is 1. The average Bonchev–Trinajstić information content (AvgIpc) is 2.69. The summed E-state index contributed by atoms with van der Waals surface area (Å²) in [5, 5.41) is 43.9. The van der Waals surface area contributed by atoms with Gasteiger partial charge in [0.2, 0.25) is 11.6 Å². The van der Waals surface area contributed by atoms with E-state index < -0.39 is 74.6 Å². The Kier molecular flexibility index (Phi) is 4.89. The molecule has 11 heteroatoms. The number of phenolic OH excluding ortho intramolecular Hbond substituents is 1. The van der Waals surface area contributed by atoms with E-state index >= 15 is 0 Å². The van der Waals surface area contributed by atoms with E-state index in [0.29, 0.717) is 0 Å². The Labute approximate surface area is 192 Å². The van der Waals surface area contributed by atoms with Crippen LogP contribution in [0, 0.1) is 5.92 Å². The fraction of sp³-hybridized carbons (Fsp3) is 0.364. The van der Waals surface area contributed by atoms with Crippen LogP contribution in [0.1, 0.15) is 29.3 Å². The topological polar surface area (TPSA) is 178 Å². The van der Waals surface area contributed by atoms with Crippen molar-refractivity contribution in [2.45, 2.75) is 30.6 Å². The van der Waals surface area contributed by atoms with Gasteiger partial charge < -0.3 is 26.2 Å². The summed E-state index contributed by atoms with van der Waals surface area (Å²) in [6, 6.07) is 1.11. The van der Waals surface area contributed by atoms with Crippen molar-refractivity contribution in [2.75, 3.05) is 14.1 Å². The van der Waals surface area contributed by atoms with Gasteiger partial charge in [-0.15, -0.1) is 0 Å². The normalized spacial score (nSPS) is 31.5. The quantitative estimate of drug-likeness (QED) is 0.364. The zero-order valence-electron chi connectivity index (χ0n) is 17.8. The number of fused-ring (bicyclic) bond motifs is 2. The van der Waals surface area contributed by atoms with Gasteiger partial charge in [0.25, 0.3) is 5.91 Å². The Morgan fingerprint density at radius 2 is 1.79 bits per heavy atom. The fourth-order valence-electron chi connectivity index (χ4n) is 5.29. The predicted molar refractivity (Wildman–Crippen MR) is 113 cm³/mol. The summed E-state index contributed by atoms with van der Waals surface area (Å²) in [7, 11) is 2.93. The molecule has 0 heterocycles. The number of ketones is 3. The van der Waals surface area contributed by atoms with Crippen molar-refractivity contribution in [3.63, 3.8) is 0 Å². The number of carbonyl (C=O) groups is 4. The summed E-state index contributed by atoms with van der Waals surface area (Å²) in [5.41, 5.74) is -1.88. The monoisotopic (exact) mass is 476 g/mol. The number of aromatic hydroxyl groups is 1. The van der Waals surface area contributed by atoms with Crippen LogP contribution in [0.3, 0.4) is 0 Å². The first-order valence-electron chi connectivity index (χ1n) is 9.92. The molecule has 0 bridgehead atoms. The minimum atomic E-state index is -2.84. The highest BCUT2D eigenvalue weighted by Gasteiger charge is 2.65. The van der Waals surface area contributed by atoms with E-state index in [9.17, 15) is 39.6 Å². The van der Waals surface area contributed by atoms with E-state index in [4.69, 9.17) is 17.3 Å². The van der Waals surface area contributed by atoms with E-state index in [2.05, 4.69) is 0 Å². The fourth-order valence-corrected chi connectivity index (χ4v) is 5.63. The first-order valence-corrected chi connectivity index (χ1v) is 10.3. The summed E-state index contributed by atoms with van der Waals surface area (Å²) >= 11 is 6.23. The molecule has 4 rings (SSSR count). The molecule has 1 amide bonds. The summed E-state index contributed by atoms with van der Waals surface area (Å²) in [6.07, 6.45) is -0.383. The van der Waals surface area contributed by atoms with Gasteiger partial charge in [0.1, 0.15) is 22.7 Å². The Morgan fingerprint density at radius 1 is 1.18 bits per heavy atom. The van der Waals surface area contributed by atoms with E-state index in [1.54, 1.807) is 0 Å². The van der Waals surface area contributed by atoms with Crippen LogP contribution in [0.5, 0.6) is 5.75 Å². The maximum absolute atomic E-state index is 13.6. The molecule has 4 unspecified atom stereocenters. The zero-order valence-corrected chi connectivity index (χ0v) is 18.6. The first kappa shape index (κ1) is 23.1. The molecule has 3 aliphatic carbocycles. The number of Topliss-reactive ketones (excluding diaryl/α,β-unsaturated/α-hetero) is 3. The summed E-state index contributed by atoms with van der Waals surface area (Å²) in [4.78, 5) is 53.3. The number of benzene rings is 1. The SMILES string of the molecule is CN(C)C1C(=O)C(C(N)=O)=C(O)C2(O)C(=O)C3=C(CC12)C(C)(O)c1c(Cl)ccc(O)c1C3=O. The minimum Gasteiger partial charge on any atom is -0.508 e. The molecule has 6 N–H and O–H groups in total. The Bertz CT molecular complexity index is 1250. The highest BCUT2D eigenvalue weighted by molar-refractivity contribution is 6.36. The van der Waals surface area contributed by atoms with Gasteiger partial charge in [-0.25, -0.2) is 0 Å². The number of hydrogen-bond donors (Lipinski definition) is 5. The second kappa shape index (κ2) is 6.97. The Hall–Kier alpha value is -3.05. The van der Waals surface area contributed by atoms with Crippen LogP contribution in [0.15, 0.2) is 34.6 Å². The smallest absolute Gasteiger partial charge is 0.255 e. The van der Waals surface area contributed by atoms with E-state index in [1.165, 1.54) is 32.0 Å². The molecule has 33 heavy (non-hydrogen) atoms. The molecule has 0 saturated carbocycles. The highest BCUT2D eigenvalue weighted by Crippen LogP contribution is 2.54. The van der Waals surface area contributed by atoms with Gasteiger partial charge in [0.15, 0.2) is 11.4 Å². The van der Waals surface area contributed by atoms with Gasteiger partial charge in [-0.2, -0.15) is 0 Å². The van der Waals surface area contributed by atoms with Gasteiger partial charge in [0.05, 0.1) is 17.2 Å². The van der Waals surface area contributed by atoms with Crippen LogP contribution in [0.2, 0.25) is 5.02 Å². The minimum absolute atomic E-state index is 0.0383. The summed E-state index contributed by atoms with van der Waals surface area (Å²) < 4.78 is 0. The second-order valence-electron chi connectivity index (χ2n) is 8.84. The lowest BCUT2D eigenvalue weighted by Crippen LogP contribution is -2.65. The first-order chi connectivity index (χ1) is 15.2. The van der Waals surface area contributed by atoms with Crippen LogP contribution in [0.4, 0.5) is 0 Å². The molecule has 1 aromatic rings. The molecule has 0 aromatic heterocycles. The summed E-state index contributed by atoms with van der Waals surface area (Å²) in [6.45, 7) is 1.27.